The second-order valence-corrected chi connectivity index (χ2v) is 14.9. The lowest BCUT2D eigenvalue weighted by atomic mass is 9.87. The summed E-state index contributed by atoms with van der Waals surface area (Å²) in [6, 6.07) is 10.2. The van der Waals surface area contributed by atoms with Gasteiger partial charge in [0.25, 0.3) is 5.91 Å². The number of anilines is 1. The first-order chi connectivity index (χ1) is 24.4. The first kappa shape index (κ1) is 37.2. The van der Waals surface area contributed by atoms with Crippen LogP contribution in [-0.2, 0) is 27.8 Å². The van der Waals surface area contributed by atoms with Crippen molar-refractivity contribution in [2.45, 2.75) is 82.6 Å². The van der Waals surface area contributed by atoms with E-state index in [1.807, 2.05) is 35.9 Å². The van der Waals surface area contributed by atoms with E-state index in [1.165, 1.54) is 6.07 Å². The van der Waals surface area contributed by atoms with Crippen LogP contribution >= 0.6 is 11.6 Å². The summed E-state index contributed by atoms with van der Waals surface area (Å²) in [7, 11) is 1.85. The lowest BCUT2D eigenvalue weighted by Crippen LogP contribution is -2.59. The van der Waals surface area contributed by atoms with Gasteiger partial charge in [-0.05, 0) is 69.7 Å². The molecule has 3 heterocycles. The number of amides is 2. The Labute approximate surface area is 302 Å². The van der Waals surface area contributed by atoms with Crippen molar-refractivity contribution in [3.8, 4) is 0 Å². The Hall–Kier alpha value is -3.58. The molecule has 276 valence electrons. The molecule has 1 unspecified atom stereocenters. The molecule has 4 atom stereocenters. The van der Waals surface area contributed by atoms with E-state index in [0.717, 1.165) is 30.1 Å². The molecule has 13 heteroatoms. The molecular weight excluding hydrogens is 680 g/mol. The van der Waals surface area contributed by atoms with Gasteiger partial charge in [0.1, 0.15) is 12.5 Å². The van der Waals surface area contributed by atoms with Crippen molar-refractivity contribution in [2.75, 3.05) is 44.8 Å². The summed E-state index contributed by atoms with van der Waals surface area (Å²) >= 11 is 6.58. The van der Waals surface area contributed by atoms with E-state index in [0.29, 0.717) is 57.4 Å². The van der Waals surface area contributed by atoms with E-state index in [-0.39, 0.29) is 64.8 Å². The summed E-state index contributed by atoms with van der Waals surface area (Å²) in [5.74, 6) is -2.44. The van der Waals surface area contributed by atoms with Gasteiger partial charge in [-0.15, -0.1) is 0 Å². The maximum atomic E-state index is 15.6. The van der Waals surface area contributed by atoms with Gasteiger partial charge in [0.2, 0.25) is 5.91 Å². The number of carbonyl (C=O) groups excluding carboxylic acids is 2. The van der Waals surface area contributed by atoms with Crippen LogP contribution < -0.4 is 5.32 Å². The zero-order valence-corrected chi connectivity index (χ0v) is 30.2. The van der Waals surface area contributed by atoms with E-state index in [2.05, 4.69) is 29.0 Å². The summed E-state index contributed by atoms with van der Waals surface area (Å²) in [6.45, 7) is 6.46. The molecule has 2 aromatic carbocycles. The number of aromatic nitrogens is 1. The van der Waals surface area contributed by atoms with Crippen LogP contribution in [-0.4, -0.2) is 112 Å². The SMILES string of the molecule is CC1CN([C@H]2C[C@@H](COC3CCC(C(=O)O)CC3)N(C(=O)Cc3cc(Cl)c(NC(=O)c4cn(C)c5ccccc45)cc3F)C2)C[C@@H](C)N1CCF. The minimum Gasteiger partial charge on any atom is -0.481 e. The summed E-state index contributed by atoms with van der Waals surface area (Å²) in [5, 5.41) is 13.0. The molecule has 51 heavy (non-hydrogen) atoms. The number of alkyl halides is 1. The van der Waals surface area contributed by atoms with Gasteiger partial charge in [-0.1, -0.05) is 29.8 Å². The molecule has 0 spiro atoms. The molecule has 6 rings (SSSR count). The highest BCUT2D eigenvalue weighted by molar-refractivity contribution is 6.34. The van der Waals surface area contributed by atoms with Gasteiger partial charge in [-0.3, -0.25) is 24.2 Å². The van der Waals surface area contributed by atoms with Gasteiger partial charge >= 0.3 is 5.97 Å². The number of aryl methyl sites for hydroxylation is 1. The monoisotopic (exact) mass is 727 g/mol. The number of nitrogens with one attached hydrogen (secondary N) is 1. The molecular formula is C38H48ClF2N5O5. The average Bonchev–Trinajstić information content (AvgIpc) is 3.69. The topological polar surface area (TPSA) is 107 Å². The number of ether oxygens (including phenoxy) is 1. The number of aliphatic carboxylic acids is 1. The van der Waals surface area contributed by atoms with Crippen LogP contribution in [0.4, 0.5) is 14.5 Å². The molecule has 3 fully saturated rings. The van der Waals surface area contributed by atoms with Crippen LogP contribution in [0, 0.1) is 11.7 Å². The van der Waals surface area contributed by atoms with Gasteiger partial charge in [-0.2, -0.15) is 0 Å². The van der Waals surface area contributed by atoms with Crippen molar-refractivity contribution in [1.82, 2.24) is 19.3 Å². The fourth-order valence-corrected chi connectivity index (χ4v) is 8.61. The van der Waals surface area contributed by atoms with Crippen molar-refractivity contribution in [1.29, 1.82) is 0 Å². The van der Waals surface area contributed by atoms with Gasteiger partial charge in [0.05, 0.1) is 47.4 Å². The molecule has 1 saturated carbocycles. The van der Waals surface area contributed by atoms with E-state index in [1.54, 1.807) is 11.1 Å². The predicted octanol–water partition coefficient (Wildman–Crippen LogP) is 5.76. The van der Waals surface area contributed by atoms with Gasteiger partial charge in [-0.25, -0.2) is 8.78 Å². The molecule has 2 N–H and O–H groups in total. The second-order valence-electron chi connectivity index (χ2n) is 14.5. The summed E-state index contributed by atoms with van der Waals surface area (Å²) in [6.07, 6.45) is 4.54. The summed E-state index contributed by atoms with van der Waals surface area (Å²) in [4.78, 5) is 45.0. The Bertz CT molecular complexity index is 1730. The Morgan fingerprint density at radius 1 is 1.04 bits per heavy atom. The number of hydrogen-bond donors (Lipinski definition) is 2. The fourth-order valence-electron chi connectivity index (χ4n) is 8.37. The number of carboxylic acids is 1. The number of fused-ring (bicyclic) bond motifs is 1. The number of benzene rings is 2. The van der Waals surface area contributed by atoms with E-state index >= 15 is 4.39 Å². The first-order valence-electron chi connectivity index (χ1n) is 18.0. The fraction of sp³-hybridized carbons (Fsp3) is 0.553. The average molecular weight is 728 g/mol. The second kappa shape index (κ2) is 16.0. The lowest BCUT2D eigenvalue weighted by Gasteiger charge is -2.46. The van der Waals surface area contributed by atoms with Gasteiger partial charge < -0.3 is 24.6 Å². The highest BCUT2D eigenvalue weighted by Gasteiger charge is 2.42. The summed E-state index contributed by atoms with van der Waals surface area (Å²) < 4.78 is 37.0. The zero-order valence-electron chi connectivity index (χ0n) is 29.5. The van der Waals surface area contributed by atoms with Crippen molar-refractivity contribution >= 4 is 46.0 Å². The standard InChI is InChI=1S/C38H48ClF2N5O5/c1-23-18-44(19-24(2)45(23)13-12-40)27-16-28(22-51-29-10-8-25(9-11-29)38(49)50)46(20-27)36(47)15-26-14-32(39)34(17-33(26)41)42-37(48)31-21-43(3)35-7-5-4-6-30(31)35/h4-7,14,17,21,23-25,27-29H,8-13,15-16,18-20,22H2,1-3H3,(H,42,48)(H,49,50)/t23-,24?,25?,27+,28+,29?/m1/s1. The van der Waals surface area contributed by atoms with E-state index < -0.39 is 24.4 Å². The predicted molar refractivity (Wildman–Crippen MR) is 192 cm³/mol. The third kappa shape index (κ3) is 8.24. The molecule has 2 saturated heterocycles. The van der Waals surface area contributed by atoms with Crippen LogP contribution in [0.5, 0.6) is 0 Å². The van der Waals surface area contributed by atoms with Crippen LogP contribution in [0.1, 0.15) is 61.9 Å². The molecule has 2 amide bonds. The lowest BCUT2D eigenvalue weighted by molar-refractivity contribution is -0.144. The molecule has 3 aliphatic rings. The highest BCUT2D eigenvalue weighted by atomic mass is 35.5. The number of halogens is 3. The summed E-state index contributed by atoms with van der Waals surface area (Å²) in [5.41, 5.74) is 1.56. The third-order valence-electron chi connectivity index (χ3n) is 11.1. The molecule has 0 bridgehead atoms. The smallest absolute Gasteiger partial charge is 0.306 e. The molecule has 0 radical (unpaired) electrons. The van der Waals surface area contributed by atoms with Crippen LogP contribution in [0.25, 0.3) is 10.9 Å². The Balaban J connectivity index is 1.15. The largest absolute Gasteiger partial charge is 0.481 e. The third-order valence-corrected chi connectivity index (χ3v) is 11.4. The normalized spacial score (nSPS) is 26.1. The Morgan fingerprint density at radius 2 is 1.75 bits per heavy atom. The molecule has 1 aliphatic carbocycles. The molecule has 1 aromatic heterocycles. The maximum Gasteiger partial charge on any atom is 0.306 e. The Morgan fingerprint density at radius 3 is 2.43 bits per heavy atom. The number of para-hydroxylation sites is 1. The number of likely N-dealkylation sites (tertiary alicyclic amines) is 1. The van der Waals surface area contributed by atoms with Crippen molar-refractivity contribution < 1.29 is 33.0 Å². The minimum atomic E-state index is -0.772. The van der Waals surface area contributed by atoms with Crippen LogP contribution in [0.15, 0.2) is 42.6 Å². The molecule has 2 aliphatic heterocycles. The number of nitrogens with zero attached hydrogens (tertiary/aromatic N) is 4. The number of piperazine rings is 1. The number of carbonyl (C=O) groups is 3. The number of rotatable bonds is 11. The quantitative estimate of drug-likeness (QED) is 0.259. The number of carboxylic acid groups (broad SMARTS) is 1. The van der Waals surface area contributed by atoms with Crippen molar-refractivity contribution in [3.63, 3.8) is 0 Å². The van der Waals surface area contributed by atoms with Crippen molar-refractivity contribution in [2.24, 2.45) is 13.0 Å². The van der Waals surface area contributed by atoms with E-state index in [4.69, 9.17) is 16.3 Å². The zero-order chi connectivity index (χ0) is 36.4. The van der Waals surface area contributed by atoms with Crippen LogP contribution in [0.2, 0.25) is 5.02 Å². The highest BCUT2D eigenvalue weighted by Crippen LogP contribution is 2.32. The molecule has 10 nitrogen and oxygen atoms in total. The first-order valence-corrected chi connectivity index (χ1v) is 18.3. The Kier molecular flexibility index (Phi) is 11.6. The number of hydrogen-bond acceptors (Lipinski definition) is 6. The van der Waals surface area contributed by atoms with Gasteiger partial charge in [0.15, 0.2) is 0 Å². The van der Waals surface area contributed by atoms with Crippen LogP contribution in [0.3, 0.4) is 0 Å². The van der Waals surface area contributed by atoms with Crippen molar-refractivity contribution in [3.05, 3.63) is 64.6 Å². The minimum absolute atomic E-state index is 0.0582. The maximum absolute atomic E-state index is 15.6. The molecule has 3 aromatic rings. The van der Waals surface area contributed by atoms with E-state index in [9.17, 15) is 23.9 Å². The van der Waals surface area contributed by atoms with Gasteiger partial charge in [0, 0.05) is 68.5 Å².